The van der Waals surface area contributed by atoms with Crippen molar-refractivity contribution >= 4 is 18.0 Å². The lowest BCUT2D eigenvalue weighted by Crippen LogP contribution is -2.36. The molecule has 7 nitrogen and oxygen atoms in total. The Morgan fingerprint density at radius 3 is 2.30 bits per heavy atom. The second kappa shape index (κ2) is 6.11. The van der Waals surface area contributed by atoms with Gasteiger partial charge in [0, 0.05) is 19.0 Å². The van der Waals surface area contributed by atoms with Gasteiger partial charge in [-0.15, -0.1) is 0 Å². The second-order valence-electron chi connectivity index (χ2n) is 5.87. The number of ether oxygens (including phenoxy) is 2. The van der Waals surface area contributed by atoms with Gasteiger partial charge in [-0.05, 0) is 20.8 Å². The Hall–Kier alpha value is -1.79. The summed E-state index contributed by atoms with van der Waals surface area (Å²) in [5.41, 5.74) is -0.636. The van der Waals surface area contributed by atoms with Crippen molar-refractivity contribution in [2.45, 2.75) is 32.8 Å². The van der Waals surface area contributed by atoms with Crippen molar-refractivity contribution in [2.75, 3.05) is 20.2 Å². The molecule has 0 aliphatic carbocycles. The van der Waals surface area contributed by atoms with Crippen LogP contribution in [0.25, 0.3) is 0 Å². The van der Waals surface area contributed by atoms with Gasteiger partial charge in [0.25, 0.3) is 0 Å². The van der Waals surface area contributed by atoms with E-state index in [9.17, 15) is 14.4 Å². The van der Waals surface area contributed by atoms with Gasteiger partial charge in [-0.1, -0.05) is 0 Å². The van der Waals surface area contributed by atoms with Crippen LogP contribution >= 0.6 is 0 Å². The SMILES string of the molecule is COC(=O)[C@H]1CN(C(=O)OC(C)(C)C)C[C@H]1CC(=O)O. The number of carboxylic acid groups (broad SMARTS) is 1. The molecule has 1 fully saturated rings. The van der Waals surface area contributed by atoms with Crippen LogP contribution in [0.4, 0.5) is 4.79 Å². The minimum atomic E-state index is -1.00. The van der Waals surface area contributed by atoms with Crippen molar-refractivity contribution in [3.63, 3.8) is 0 Å². The van der Waals surface area contributed by atoms with Gasteiger partial charge in [-0.3, -0.25) is 9.59 Å². The molecule has 0 aromatic heterocycles. The topological polar surface area (TPSA) is 93.1 Å². The lowest BCUT2D eigenvalue weighted by Gasteiger charge is -2.24. The first kappa shape index (κ1) is 16.3. The number of carbonyl (C=O) groups excluding carboxylic acids is 2. The molecular weight excluding hydrogens is 266 g/mol. The molecule has 1 rings (SSSR count). The van der Waals surface area contributed by atoms with Crippen LogP contribution in [0.5, 0.6) is 0 Å². The monoisotopic (exact) mass is 287 g/mol. The molecular formula is C13H21NO6. The summed E-state index contributed by atoms with van der Waals surface area (Å²) in [6.07, 6.45) is -0.724. The smallest absolute Gasteiger partial charge is 0.410 e. The standard InChI is InChI=1S/C13H21NO6/c1-13(2,3)20-12(18)14-6-8(5-10(15)16)9(7-14)11(17)19-4/h8-9H,5-7H2,1-4H3,(H,15,16)/t8-,9+/m1/s1. The molecule has 1 N–H and O–H groups in total. The van der Waals surface area contributed by atoms with Crippen LogP contribution in [0.2, 0.25) is 0 Å². The van der Waals surface area contributed by atoms with Crippen molar-refractivity contribution in [3.05, 3.63) is 0 Å². The molecule has 114 valence electrons. The molecule has 2 atom stereocenters. The van der Waals surface area contributed by atoms with E-state index in [-0.39, 0.29) is 19.5 Å². The molecule has 1 aliphatic rings. The largest absolute Gasteiger partial charge is 0.481 e. The van der Waals surface area contributed by atoms with E-state index in [4.69, 9.17) is 9.84 Å². The molecule has 0 bridgehead atoms. The van der Waals surface area contributed by atoms with E-state index in [0.717, 1.165) is 0 Å². The summed E-state index contributed by atoms with van der Waals surface area (Å²) in [6, 6.07) is 0. The molecule has 0 saturated carbocycles. The van der Waals surface area contributed by atoms with Crippen LogP contribution in [-0.2, 0) is 19.1 Å². The Labute approximate surface area is 117 Å². The molecule has 0 unspecified atom stereocenters. The summed E-state index contributed by atoms with van der Waals surface area (Å²) in [4.78, 5) is 35.8. The lowest BCUT2D eigenvalue weighted by molar-refractivity contribution is -0.147. The second-order valence-corrected chi connectivity index (χ2v) is 5.87. The van der Waals surface area contributed by atoms with Gasteiger partial charge in [0.2, 0.25) is 0 Å². The number of carboxylic acids is 1. The Morgan fingerprint density at radius 2 is 1.85 bits per heavy atom. The first-order valence-electron chi connectivity index (χ1n) is 6.41. The first-order valence-corrected chi connectivity index (χ1v) is 6.41. The van der Waals surface area contributed by atoms with E-state index in [2.05, 4.69) is 4.74 Å². The maximum absolute atomic E-state index is 12.0. The van der Waals surface area contributed by atoms with Gasteiger partial charge >= 0.3 is 18.0 Å². The highest BCUT2D eigenvalue weighted by Crippen LogP contribution is 2.28. The summed E-state index contributed by atoms with van der Waals surface area (Å²) in [7, 11) is 1.25. The van der Waals surface area contributed by atoms with Crippen molar-refractivity contribution in [1.82, 2.24) is 4.90 Å². The fourth-order valence-electron chi connectivity index (χ4n) is 2.20. The molecule has 0 spiro atoms. The molecule has 1 aliphatic heterocycles. The van der Waals surface area contributed by atoms with Crippen LogP contribution < -0.4 is 0 Å². The van der Waals surface area contributed by atoms with Gasteiger partial charge in [0.15, 0.2) is 0 Å². The van der Waals surface area contributed by atoms with Crippen LogP contribution in [0.15, 0.2) is 0 Å². The molecule has 7 heteroatoms. The van der Waals surface area contributed by atoms with Gasteiger partial charge in [-0.25, -0.2) is 4.79 Å². The van der Waals surface area contributed by atoms with Gasteiger partial charge < -0.3 is 19.5 Å². The van der Waals surface area contributed by atoms with Gasteiger partial charge in [0.1, 0.15) is 5.60 Å². The fourth-order valence-corrected chi connectivity index (χ4v) is 2.20. The van der Waals surface area contributed by atoms with Crippen molar-refractivity contribution in [2.24, 2.45) is 11.8 Å². The summed E-state index contributed by atoms with van der Waals surface area (Å²) in [6.45, 7) is 5.54. The highest BCUT2D eigenvalue weighted by Gasteiger charge is 2.42. The van der Waals surface area contributed by atoms with Crippen molar-refractivity contribution in [1.29, 1.82) is 0 Å². The Morgan fingerprint density at radius 1 is 1.25 bits per heavy atom. The Balaban J connectivity index is 2.76. The molecule has 0 aromatic carbocycles. The van der Waals surface area contributed by atoms with Crippen LogP contribution in [0.3, 0.4) is 0 Å². The van der Waals surface area contributed by atoms with Crippen molar-refractivity contribution in [3.8, 4) is 0 Å². The maximum Gasteiger partial charge on any atom is 0.410 e. The zero-order valence-electron chi connectivity index (χ0n) is 12.2. The highest BCUT2D eigenvalue weighted by atomic mass is 16.6. The third-order valence-corrected chi connectivity index (χ3v) is 3.03. The summed E-state index contributed by atoms with van der Waals surface area (Å²) in [5, 5.41) is 8.87. The quantitative estimate of drug-likeness (QED) is 0.782. The normalized spacial score (nSPS) is 22.5. The molecule has 20 heavy (non-hydrogen) atoms. The summed E-state index contributed by atoms with van der Waals surface area (Å²) in [5.74, 6) is -2.58. The average molecular weight is 287 g/mol. The van der Waals surface area contributed by atoms with Gasteiger partial charge in [-0.2, -0.15) is 0 Å². The van der Waals surface area contributed by atoms with Crippen molar-refractivity contribution < 1.29 is 29.0 Å². The highest BCUT2D eigenvalue weighted by molar-refractivity contribution is 5.77. The number of esters is 1. The molecule has 0 radical (unpaired) electrons. The maximum atomic E-state index is 12.0. The number of carbonyl (C=O) groups is 3. The number of amides is 1. The van der Waals surface area contributed by atoms with E-state index < -0.39 is 35.5 Å². The van der Waals surface area contributed by atoms with E-state index in [1.165, 1.54) is 12.0 Å². The lowest BCUT2D eigenvalue weighted by atomic mass is 9.93. The van der Waals surface area contributed by atoms with E-state index >= 15 is 0 Å². The number of aliphatic carboxylic acids is 1. The first-order chi connectivity index (χ1) is 9.14. The number of hydrogen-bond donors (Lipinski definition) is 1. The fraction of sp³-hybridized carbons (Fsp3) is 0.769. The van der Waals surface area contributed by atoms with E-state index in [1.54, 1.807) is 20.8 Å². The predicted molar refractivity (Wildman–Crippen MR) is 69.1 cm³/mol. The molecule has 1 saturated heterocycles. The van der Waals surface area contributed by atoms with Gasteiger partial charge in [0.05, 0.1) is 19.4 Å². The zero-order chi connectivity index (χ0) is 15.5. The van der Waals surface area contributed by atoms with Crippen LogP contribution in [0, 0.1) is 11.8 Å². The summed E-state index contributed by atoms with van der Waals surface area (Å²) >= 11 is 0. The number of methoxy groups -OCH3 is 1. The summed E-state index contributed by atoms with van der Waals surface area (Å²) < 4.78 is 9.89. The Kier molecular flexibility index (Phi) is 4.97. The molecule has 1 amide bonds. The van der Waals surface area contributed by atoms with E-state index in [0.29, 0.717) is 0 Å². The average Bonchev–Trinajstić information content (AvgIpc) is 2.69. The molecule has 1 heterocycles. The third kappa shape index (κ3) is 4.40. The van der Waals surface area contributed by atoms with Crippen LogP contribution in [-0.4, -0.2) is 53.8 Å². The van der Waals surface area contributed by atoms with E-state index in [1.807, 2.05) is 0 Å². The number of nitrogens with zero attached hydrogens (tertiary/aromatic N) is 1. The molecule has 0 aromatic rings. The number of rotatable bonds is 3. The minimum absolute atomic E-state index is 0.125. The zero-order valence-corrected chi connectivity index (χ0v) is 12.2. The third-order valence-electron chi connectivity index (χ3n) is 3.03. The van der Waals surface area contributed by atoms with Crippen LogP contribution in [0.1, 0.15) is 27.2 Å². The number of likely N-dealkylation sites (tertiary alicyclic amines) is 1. The predicted octanol–water partition coefficient (Wildman–Crippen LogP) is 1.12. The number of hydrogen-bond acceptors (Lipinski definition) is 5. The minimum Gasteiger partial charge on any atom is -0.481 e. The Bertz CT molecular complexity index is 400.